The minimum Gasteiger partial charge on any atom is -0.481 e. The van der Waals surface area contributed by atoms with Crippen LogP contribution in [-0.2, 0) is 20.9 Å². The van der Waals surface area contributed by atoms with Gasteiger partial charge in [0.05, 0.1) is 11.2 Å². The molecule has 0 saturated carbocycles. The van der Waals surface area contributed by atoms with Crippen LogP contribution in [0.5, 0.6) is 0 Å². The quantitative estimate of drug-likeness (QED) is 0.371. The molecule has 0 bridgehead atoms. The Morgan fingerprint density at radius 3 is 2.52 bits per heavy atom. The van der Waals surface area contributed by atoms with Crippen molar-refractivity contribution in [3.63, 3.8) is 0 Å². The second kappa shape index (κ2) is 12.2. The number of nitrogens with one attached hydrogen (secondary N) is 2. The van der Waals surface area contributed by atoms with Crippen LogP contribution in [-0.4, -0.2) is 34.1 Å². The molecule has 3 rings (SSSR count). The van der Waals surface area contributed by atoms with E-state index in [1.165, 1.54) is 0 Å². The van der Waals surface area contributed by atoms with Crippen molar-refractivity contribution >= 4 is 34.6 Å². The van der Waals surface area contributed by atoms with Crippen molar-refractivity contribution < 1.29 is 24.2 Å². The number of carbonyl (C=O) groups excluding carboxylic acids is 2. The summed E-state index contributed by atoms with van der Waals surface area (Å²) >= 11 is 0. The van der Waals surface area contributed by atoms with E-state index in [2.05, 4.69) is 15.6 Å². The zero-order valence-corrected chi connectivity index (χ0v) is 18.2. The van der Waals surface area contributed by atoms with Crippen molar-refractivity contribution in [2.24, 2.45) is 0 Å². The number of hydrogen-bond donors (Lipinski definition) is 3. The minimum absolute atomic E-state index is 0.0745. The molecule has 8 heteroatoms. The molecule has 0 spiro atoms. The van der Waals surface area contributed by atoms with Crippen LogP contribution in [0.25, 0.3) is 10.9 Å². The highest BCUT2D eigenvalue weighted by atomic mass is 16.5. The van der Waals surface area contributed by atoms with Crippen LogP contribution in [0, 0.1) is 0 Å². The molecular weight excluding hydrogens is 422 g/mol. The number of amides is 2. The molecule has 0 aliphatic rings. The highest BCUT2D eigenvalue weighted by Gasteiger charge is 2.22. The van der Waals surface area contributed by atoms with Crippen LogP contribution in [0.2, 0.25) is 0 Å². The van der Waals surface area contributed by atoms with Crippen molar-refractivity contribution in [3.8, 4) is 0 Å². The fraction of sp³-hybridized carbons (Fsp3) is 0.280. The fourth-order valence-electron chi connectivity index (χ4n) is 3.40. The molecule has 0 fully saturated rings. The number of carboxylic acids is 1. The van der Waals surface area contributed by atoms with Crippen molar-refractivity contribution in [3.05, 3.63) is 72.4 Å². The van der Waals surface area contributed by atoms with E-state index in [9.17, 15) is 14.4 Å². The average Bonchev–Trinajstić information content (AvgIpc) is 2.82. The number of ether oxygens (including phenoxy) is 1. The van der Waals surface area contributed by atoms with Gasteiger partial charge in [-0.05, 0) is 30.5 Å². The Morgan fingerprint density at radius 1 is 0.939 bits per heavy atom. The fourth-order valence-corrected chi connectivity index (χ4v) is 3.40. The van der Waals surface area contributed by atoms with Gasteiger partial charge in [-0.2, -0.15) is 0 Å². The van der Waals surface area contributed by atoms with Gasteiger partial charge in [-0.15, -0.1) is 0 Å². The monoisotopic (exact) mass is 449 g/mol. The summed E-state index contributed by atoms with van der Waals surface area (Å²) < 4.78 is 5.27. The van der Waals surface area contributed by atoms with Gasteiger partial charge in [0.15, 0.2) is 0 Å². The Hall–Kier alpha value is -3.94. The zero-order valence-electron chi connectivity index (χ0n) is 18.2. The van der Waals surface area contributed by atoms with Gasteiger partial charge >= 0.3 is 12.1 Å². The lowest BCUT2D eigenvalue weighted by Crippen LogP contribution is -2.44. The summed E-state index contributed by atoms with van der Waals surface area (Å²) in [5, 5.41) is 15.2. The summed E-state index contributed by atoms with van der Waals surface area (Å²) in [6.07, 6.45) is 3.10. The Balaban J connectivity index is 1.63. The van der Waals surface area contributed by atoms with E-state index in [-0.39, 0.29) is 18.9 Å². The van der Waals surface area contributed by atoms with Gasteiger partial charge in [0.25, 0.3) is 0 Å². The lowest BCUT2D eigenvalue weighted by molar-refractivity contribution is -0.137. The van der Waals surface area contributed by atoms with Crippen molar-refractivity contribution in [2.75, 3.05) is 5.32 Å². The van der Waals surface area contributed by atoms with E-state index >= 15 is 0 Å². The molecule has 0 saturated heterocycles. The number of pyridine rings is 1. The molecule has 0 aliphatic heterocycles. The predicted molar refractivity (Wildman–Crippen MR) is 125 cm³/mol. The summed E-state index contributed by atoms with van der Waals surface area (Å²) in [5.74, 6) is -1.24. The Labute approximate surface area is 192 Å². The maximum absolute atomic E-state index is 13.0. The Kier molecular flexibility index (Phi) is 8.76. The van der Waals surface area contributed by atoms with E-state index in [1.807, 2.05) is 54.6 Å². The standard InChI is InChI=1S/C25H27N3O5/c29-22(30)15-6-2-5-13-21(28-25(32)33-17-18-9-3-1-4-10-18)24(31)27-20-14-7-11-19-12-8-16-26-23(19)20/h1,3-4,7-12,14,16,21H,2,5-6,13,15,17H2,(H,27,31)(H,28,32)(H,29,30). The molecule has 3 aromatic rings. The first-order chi connectivity index (χ1) is 16.0. The first kappa shape index (κ1) is 23.7. The predicted octanol–water partition coefficient (Wildman–Crippen LogP) is 4.50. The van der Waals surface area contributed by atoms with Crippen molar-refractivity contribution in [1.29, 1.82) is 0 Å². The summed E-state index contributed by atoms with van der Waals surface area (Å²) in [4.78, 5) is 40.4. The van der Waals surface area contributed by atoms with Crippen LogP contribution in [0.15, 0.2) is 66.9 Å². The number of carbonyl (C=O) groups is 3. The molecule has 1 unspecified atom stereocenters. The van der Waals surface area contributed by atoms with Crippen LogP contribution >= 0.6 is 0 Å². The molecular formula is C25H27N3O5. The number of unbranched alkanes of at least 4 members (excludes halogenated alkanes) is 2. The lowest BCUT2D eigenvalue weighted by atomic mass is 10.1. The Morgan fingerprint density at radius 2 is 1.73 bits per heavy atom. The number of fused-ring (bicyclic) bond motifs is 1. The second-order valence-electron chi connectivity index (χ2n) is 7.62. The second-order valence-corrected chi connectivity index (χ2v) is 7.62. The highest BCUT2D eigenvalue weighted by Crippen LogP contribution is 2.21. The normalized spacial score (nSPS) is 11.5. The van der Waals surface area contributed by atoms with E-state index in [0.29, 0.717) is 36.9 Å². The third kappa shape index (κ3) is 7.60. The third-order valence-electron chi connectivity index (χ3n) is 5.10. The van der Waals surface area contributed by atoms with E-state index in [0.717, 1.165) is 10.9 Å². The number of benzene rings is 2. The SMILES string of the molecule is O=C(O)CCCCCC(NC(=O)OCc1ccccc1)C(=O)Nc1cccc2cccnc12. The smallest absolute Gasteiger partial charge is 0.408 e. The van der Waals surface area contributed by atoms with Gasteiger partial charge < -0.3 is 20.5 Å². The lowest BCUT2D eigenvalue weighted by Gasteiger charge is -2.19. The first-order valence-corrected chi connectivity index (χ1v) is 10.9. The van der Waals surface area contributed by atoms with Gasteiger partial charge in [0.2, 0.25) is 5.91 Å². The van der Waals surface area contributed by atoms with Gasteiger partial charge in [0.1, 0.15) is 12.6 Å². The zero-order chi connectivity index (χ0) is 23.5. The van der Waals surface area contributed by atoms with E-state index in [1.54, 1.807) is 12.3 Å². The maximum Gasteiger partial charge on any atom is 0.408 e. The summed E-state index contributed by atoms with van der Waals surface area (Å²) in [6.45, 7) is 0.0901. The molecule has 0 radical (unpaired) electrons. The number of nitrogens with zero attached hydrogens (tertiary/aromatic N) is 1. The molecule has 1 heterocycles. The number of rotatable bonds is 11. The molecule has 172 valence electrons. The van der Waals surface area contributed by atoms with Gasteiger partial charge in [-0.1, -0.05) is 61.4 Å². The number of aromatic nitrogens is 1. The summed E-state index contributed by atoms with van der Waals surface area (Å²) in [7, 11) is 0. The van der Waals surface area contributed by atoms with Crippen molar-refractivity contribution in [1.82, 2.24) is 10.3 Å². The number of anilines is 1. The molecule has 2 aromatic carbocycles. The van der Waals surface area contributed by atoms with Crippen LogP contribution < -0.4 is 10.6 Å². The van der Waals surface area contributed by atoms with Crippen molar-refractivity contribution in [2.45, 2.75) is 44.8 Å². The number of carboxylic acid groups (broad SMARTS) is 1. The third-order valence-corrected chi connectivity index (χ3v) is 5.10. The number of aliphatic carboxylic acids is 1. The molecule has 8 nitrogen and oxygen atoms in total. The topological polar surface area (TPSA) is 118 Å². The molecule has 1 atom stereocenters. The van der Waals surface area contributed by atoms with Crippen LogP contribution in [0.3, 0.4) is 0 Å². The average molecular weight is 450 g/mol. The summed E-state index contributed by atoms with van der Waals surface area (Å²) in [6, 6.07) is 17.6. The molecule has 0 aliphatic carbocycles. The van der Waals surface area contributed by atoms with E-state index < -0.39 is 18.1 Å². The van der Waals surface area contributed by atoms with Gasteiger partial charge in [-0.25, -0.2) is 4.79 Å². The maximum atomic E-state index is 13.0. The molecule has 33 heavy (non-hydrogen) atoms. The van der Waals surface area contributed by atoms with Crippen LogP contribution in [0.4, 0.5) is 10.5 Å². The van der Waals surface area contributed by atoms with Crippen LogP contribution in [0.1, 0.15) is 37.7 Å². The highest BCUT2D eigenvalue weighted by molar-refractivity contribution is 6.03. The molecule has 2 amide bonds. The summed E-state index contributed by atoms with van der Waals surface area (Å²) in [5.41, 5.74) is 2.04. The first-order valence-electron chi connectivity index (χ1n) is 10.9. The van der Waals surface area contributed by atoms with Gasteiger partial charge in [-0.3, -0.25) is 14.6 Å². The largest absolute Gasteiger partial charge is 0.481 e. The minimum atomic E-state index is -0.852. The Bertz CT molecular complexity index is 1080. The number of alkyl carbamates (subject to hydrolysis) is 1. The molecule has 1 aromatic heterocycles. The van der Waals surface area contributed by atoms with Gasteiger partial charge in [0, 0.05) is 18.0 Å². The number of para-hydroxylation sites is 1. The van der Waals surface area contributed by atoms with E-state index in [4.69, 9.17) is 9.84 Å². The molecule has 3 N–H and O–H groups in total. The number of hydrogen-bond acceptors (Lipinski definition) is 5.